The second-order valence-electron chi connectivity index (χ2n) is 6.73. The van der Waals surface area contributed by atoms with Gasteiger partial charge in [-0.05, 0) is 43.9 Å². The maximum absolute atomic E-state index is 12.7. The summed E-state index contributed by atoms with van der Waals surface area (Å²) in [5.74, 6) is -0.710. The van der Waals surface area contributed by atoms with E-state index in [0.717, 1.165) is 24.9 Å². The van der Waals surface area contributed by atoms with Crippen molar-refractivity contribution < 1.29 is 14.7 Å². The van der Waals surface area contributed by atoms with Gasteiger partial charge in [0.05, 0.1) is 23.2 Å². The minimum Gasteiger partial charge on any atom is -0.481 e. The van der Waals surface area contributed by atoms with Gasteiger partial charge in [-0.15, -0.1) is 0 Å². The predicted octanol–water partition coefficient (Wildman–Crippen LogP) is 2.63. The smallest absolute Gasteiger partial charge is 0.303 e. The molecule has 1 aromatic carbocycles. The van der Waals surface area contributed by atoms with E-state index in [1.54, 1.807) is 11.0 Å². The summed E-state index contributed by atoms with van der Waals surface area (Å²) < 4.78 is 0. The molecule has 1 aliphatic heterocycles. The van der Waals surface area contributed by atoms with E-state index in [4.69, 9.17) is 16.7 Å². The largest absolute Gasteiger partial charge is 0.481 e. The van der Waals surface area contributed by atoms with Crippen molar-refractivity contribution in [1.29, 1.82) is 0 Å². The number of aliphatic carboxylic acids is 1. The standard InChI is InChI=1S/C17H21ClN2O3/c1-19(11-17(7-8-17)10-15(21)22)14-6-9-20(16(14)23)13-5-3-2-4-12(13)18/h2-5,14H,6-11H2,1H3,(H,21,22). The van der Waals surface area contributed by atoms with Crippen LogP contribution in [0.5, 0.6) is 0 Å². The Morgan fingerprint density at radius 1 is 1.43 bits per heavy atom. The van der Waals surface area contributed by atoms with Crippen LogP contribution in [0.25, 0.3) is 0 Å². The molecule has 3 rings (SSSR count). The highest BCUT2D eigenvalue weighted by atomic mass is 35.5. The van der Waals surface area contributed by atoms with Crippen molar-refractivity contribution in [2.24, 2.45) is 5.41 Å². The van der Waals surface area contributed by atoms with Crippen molar-refractivity contribution in [2.75, 3.05) is 25.0 Å². The summed E-state index contributed by atoms with van der Waals surface area (Å²) in [4.78, 5) is 27.5. The number of nitrogens with zero attached hydrogens (tertiary/aromatic N) is 2. The number of halogens is 1. The highest BCUT2D eigenvalue weighted by molar-refractivity contribution is 6.33. The third-order valence-corrected chi connectivity index (χ3v) is 5.24. The Kier molecular flexibility index (Phi) is 4.34. The normalized spacial score (nSPS) is 22.7. The number of rotatable bonds is 6. The molecule has 1 unspecified atom stereocenters. The molecule has 2 aliphatic rings. The third kappa shape index (κ3) is 3.35. The summed E-state index contributed by atoms with van der Waals surface area (Å²) in [6.07, 6.45) is 2.79. The van der Waals surface area contributed by atoms with Gasteiger partial charge in [0, 0.05) is 13.1 Å². The van der Waals surface area contributed by atoms with Crippen molar-refractivity contribution in [3.05, 3.63) is 29.3 Å². The number of para-hydroxylation sites is 1. The molecule has 0 aromatic heterocycles. The fourth-order valence-corrected chi connectivity index (χ4v) is 3.75. The third-order valence-electron chi connectivity index (χ3n) is 4.92. The minimum atomic E-state index is -0.758. The number of carbonyl (C=O) groups is 2. The van der Waals surface area contributed by atoms with Crippen LogP contribution < -0.4 is 4.90 Å². The van der Waals surface area contributed by atoms with Crippen molar-refractivity contribution in [2.45, 2.75) is 31.7 Å². The molecule has 1 aliphatic carbocycles. The molecule has 1 saturated heterocycles. The van der Waals surface area contributed by atoms with Gasteiger partial charge >= 0.3 is 5.97 Å². The predicted molar refractivity (Wildman–Crippen MR) is 88.8 cm³/mol. The number of carbonyl (C=O) groups excluding carboxylic acids is 1. The summed E-state index contributed by atoms with van der Waals surface area (Å²) in [6.45, 7) is 1.30. The molecular weight excluding hydrogens is 316 g/mol. The number of anilines is 1. The number of likely N-dealkylation sites (N-methyl/N-ethyl adjacent to an activating group) is 1. The first-order valence-corrected chi connectivity index (χ1v) is 8.28. The van der Waals surface area contributed by atoms with Gasteiger partial charge in [0.15, 0.2) is 0 Å². The lowest BCUT2D eigenvalue weighted by Crippen LogP contribution is -2.42. The molecule has 1 amide bonds. The van der Waals surface area contributed by atoms with Crippen LogP contribution in [0.15, 0.2) is 24.3 Å². The topological polar surface area (TPSA) is 60.9 Å². The van der Waals surface area contributed by atoms with Crippen molar-refractivity contribution in [3.8, 4) is 0 Å². The second-order valence-corrected chi connectivity index (χ2v) is 7.14. The minimum absolute atomic E-state index is 0.0479. The molecule has 5 nitrogen and oxygen atoms in total. The molecule has 2 fully saturated rings. The van der Waals surface area contributed by atoms with E-state index >= 15 is 0 Å². The van der Waals surface area contributed by atoms with E-state index in [1.807, 2.05) is 30.1 Å². The van der Waals surface area contributed by atoms with Crippen LogP contribution in [0, 0.1) is 5.41 Å². The first-order valence-electron chi connectivity index (χ1n) is 7.90. The summed E-state index contributed by atoms with van der Waals surface area (Å²) in [5, 5.41) is 9.61. The molecule has 1 saturated carbocycles. The van der Waals surface area contributed by atoms with Crippen LogP contribution in [-0.2, 0) is 9.59 Å². The molecule has 0 radical (unpaired) electrons. The zero-order valence-corrected chi connectivity index (χ0v) is 13.9. The Hall–Kier alpha value is -1.59. The van der Waals surface area contributed by atoms with Crippen LogP contribution >= 0.6 is 11.6 Å². The fraction of sp³-hybridized carbons (Fsp3) is 0.529. The molecule has 124 valence electrons. The summed E-state index contributed by atoms with van der Waals surface area (Å²) >= 11 is 6.20. The van der Waals surface area contributed by atoms with Gasteiger partial charge in [-0.3, -0.25) is 14.5 Å². The zero-order valence-electron chi connectivity index (χ0n) is 13.2. The Morgan fingerprint density at radius 2 is 2.13 bits per heavy atom. The molecule has 1 aromatic rings. The van der Waals surface area contributed by atoms with E-state index in [0.29, 0.717) is 18.1 Å². The zero-order chi connectivity index (χ0) is 16.6. The van der Waals surface area contributed by atoms with Gasteiger partial charge in [-0.1, -0.05) is 23.7 Å². The van der Waals surface area contributed by atoms with Crippen LogP contribution in [0.1, 0.15) is 25.7 Å². The lowest BCUT2D eigenvalue weighted by Gasteiger charge is -2.27. The highest BCUT2D eigenvalue weighted by Gasteiger charge is 2.47. The summed E-state index contributed by atoms with van der Waals surface area (Å²) in [7, 11) is 1.92. The lowest BCUT2D eigenvalue weighted by atomic mass is 10.0. The average molecular weight is 337 g/mol. The van der Waals surface area contributed by atoms with Crippen LogP contribution in [0.4, 0.5) is 5.69 Å². The lowest BCUT2D eigenvalue weighted by molar-refractivity contribution is -0.138. The van der Waals surface area contributed by atoms with E-state index < -0.39 is 5.97 Å². The van der Waals surface area contributed by atoms with Crippen molar-refractivity contribution >= 4 is 29.2 Å². The van der Waals surface area contributed by atoms with Crippen LogP contribution in [0.3, 0.4) is 0 Å². The molecule has 0 spiro atoms. The van der Waals surface area contributed by atoms with Crippen LogP contribution in [0.2, 0.25) is 5.02 Å². The van der Waals surface area contributed by atoms with Crippen molar-refractivity contribution in [3.63, 3.8) is 0 Å². The number of hydrogen-bond donors (Lipinski definition) is 1. The second kappa shape index (κ2) is 6.13. The summed E-state index contributed by atoms with van der Waals surface area (Å²) in [5.41, 5.74) is 0.611. The fourth-order valence-electron chi connectivity index (χ4n) is 3.51. The molecule has 1 heterocycles. The van der Waals surface area contributed by atoms with Gasteiger partial charge in [0.1, 0.15) is 0 Å². The molecule has 1 atom stereocenters. The monoisotopic (exact) mass is 336 g/mol. The SMILES string of the molecule is CN(CC1(CC(=O)O)CC1)C1CCN(c2ccccc2Cl)C1=O. The number of carboxylic acids is 1. The number of hydrogen-bond acceptors (Lipinski definition) is 3. The molecule has 23 heavy (non-hydrogen) atoms. The quantitative estimate of drug-likeness (QED) is 0.867. The molecular formula is C17H21ClN2O3. The number of benzene rings is 1. The van der Waals surface area contributed by atoms with Gasteiger partial charge in [0.2, 0.25) is 5.91 Å². The van der Waals surface area contributed by atoms with Crippen molar-refractivity contribution in [1.82, 2.24) is 4.90 Å². The van der Waals surface area contributed by atoms with Gasteiger partial charge in [0.25, 0.3) is 0 Å². The van der Waals surface area contributed by atoms with Gasteiger partial charge in [-0.2, -0.15) is 0 Å². The van der Waals surface area contributed by atoms with E-state index in [9.17, 15) is 9.59 Å². The van der Waals surface area contributed by atoms with E-state index in [2.05, 4.69) is 0 Å². The Bertz CT molecular complexity index is 630. The molecule has 1 N–H and O–H groups in total. The molecule has 6 heteroatoms. The van der Waals surface area contributed by atoms with Crippen LogP contribution in [-0.4, -0.2) is 48.1 Å². The van der Waals surface area contributed by atoms with Gasteiger partial charge in [-0.25, -0.2) is 0 Å². The Labute approximate surface area is 140 Å². The Morgan fingerprint density at radius 3 is 2.74 bits per heavy atom. The highest BCUT2D eigenvalue weighted by Crippen LogP contribution is 2.49. The van der Waals surface area contributed by atoms with E-state index in [1.165, 1.54) is 0 Å². The first-order chi connectivity index (χ1) is 10.9. The number of amides is 1. The number of carboxylic acid groups (broad SMARTS) is 1. The summed E-state index contributed by atoms with van der Waals surface area (Å²) in [6, 6.07) is 7.16. The average Bonchev–Trinajstić information content (AvgIpc) is 3.10. The van der Waals surface area contributed by atoms with Gasteiger partial charge < -0.3 is 10.0 Å². The first kappa shape index (κ1) is 16.3. The molecule has 0 bridgehead atoms. The van der Waals surface area contributed by atoms with E-state index in [-0.39, 0.29) is 23.8 Å². The Balaban J connectivity index is 1.67. The maximum Gasteiger partial charge on any atom is 0.303 e. The maximum atomic E-state index is 12.7.